The van der Waals surface area contributed by atoms with Crippen molar-refractivity contribution in [2.24, 2.45) is 0 Å². The van der Waals surface area contributed by atoms with Crippen LogP contribution in [0, 0.1) is 5.82 Å². The van der Waals surface area contributed by atoms with Gasteiger partial charge in [0, 0.05) is 25.9 Å². The van der Waals surface area contributed by atoms with Gasteiger partial charge in [-0.15, -0.1) is 0 Å². The molecule has 0 aliphatic carbocycles. The molecular weight excluding hydrogens is 387 g/mol. The van der Waals surface area contributed by atoms with Gasteiger partial charge in [-0.25, -0.2) is 17.6 Å². The molecule has 1 heterocycles. The molecule has 0 amide bonds. The van der Waals surface area contributed by atoms with Crippen molar-refractivity contribution < 1.29 is 22.0 Å². The third-order valence-corrected chi connectivity index (χ3v) is 5.06. The number of rotatable bonds is 9. The van der Waals surface area contributed by atoms with Crippen molar-refractivity contribution in [1.82, 2.24) is 9.88 Å². The van der Waals surface area contributed by atoms with Crippen molar-refractivity contribution in [3.63, 3.8) is 0 Å². The highest BCUT2D eigenvalue weighted by atomic mass is 32.2. The van der Waals surface area contributed by atoms with Crippen molar-refractivity contribution in [2.75, 3.05) is 25.1 Å². The van der Waals surface area contributed by atoms with E-state index in [4.69, 9.17) is 9.15 Å². The largest absolute Gasteiger partial charge is 0.489 e. The highest BCUT2D eigenvalue weighted by molar-refractivity contribution is 7.90. The molecule has 3 rings (SSSR count). The lowest BCUT2D eigenvalue weighted by Crippen LogP contribution is -2.28. The molecule has 3 aromatic rings. The number of aromatic nitrogens is 1. The molecule has 2 aromatic carbocycles. The Hall–Kier alpha value is -2.65. The van der Waals surface area contributed by atoms with Gasteiger partial charge in [0.15, 0.2) is 5.58 Å². The van der Waals surface area contributed by atoms with Crippen LogP contribution in [0.15, 0.2) is 51.7 Å². The fourth-order valence-electron chi connectivity index (χ4n) is 2.68. The standard InChI is InChI=1S/C19H21FN2O5S/c1-28(24,25)11-9-21-8-10-22-17-12-14(2-7-18(17)27-19(22)23)13-26-16-5-3-15(20)4-6-16/h2-7,12,21H,8-11,13H2,1H3. The van der Waals surface area contributed by atoms with Gasteiger partial charge in [-0.3, -0.25) is 4.57 Å². The van der Waals surface area contributed by atoms with Crippen LogP contribution in [0.3, 0.4) is 0 Å². The molecule has 1 aromatic heterocycles. The number of benzene rings is 2. The number of hydrogen-bond acceptors (Lipinski definition) is 6. The molecule has 9 heteroatoms. The number of sulfone groups is 1. The normalized spacial score (nSPS) is 11.8. The third kappa shape index (κ3) is 5.43. The maximum atomic E-state index is 12.9. The summed E-state index contributed by atoms with van der Waals surface area (Å²) in [6, 6.07) is 11.0. The van der Waals surface area contributed by atoms with Crippen molar-refractivity contribution >= 4 is 20.9 Å². The van der Waals surface area contributed by atoms with E-state index in [1.54, 1.807) is 30.3 Å². The van der Waals surface area contributed by atoms with Crippen LogP contribution >= 0.6 is 0 Å². The number of nitrogens with zero attached hydrogens (tertiary/aromatic N) is 1. The first-order valence-corrected chi connectivity index (χ1v) is 10.8. The van der Waals surface area contributed by atoms with Gasteiger partial charge in [0.25, 0.3) is 0 Å². The van der Waals surface area contributed by atoms with Gasteiger partial charge < -0.3 is 14.5 Å². The minimum absolute atomic E-state index is 0.0406. The zero-order valence-corrected chi connectivity index (χ0v) is 16.2. The molecule has 0 fully saturated rings. The molecule has 28 heavy (non-hydrogen) atoms. The maximum absolute atomic E-state index is 12.9. The lowest BCUT2D eigenvalue weighted by Gasteiger charge is -2.07. The Morgan fingerprint density at radius 3 is 2.61 bits per heavy atom. The van der Waals surface area contributed by atoms with E-state index in [1.165, 1.54) is 23.0 Å². The van der Waals surface area contributed by atoms with E-state index >= 15 is 0 Å². The van der Waals surface area contributed by atoms with Gasteiger partial charge in [0.1, 0.15) is 28.0 Å². The Bertz CT molecular complexity index is 1100. The summed E-state index contributed by atoms with van der Waals surface area (Å²) in [5.41, 5.74) is 1.93. The lowest BCUT2D eigenvalue weighted by molar-refractivity contribution is 0.306. The van der Waals surface area contributed by atoms with Crippen LogP contribution in [0.25, 0.3) is 11.1 Å². The van der Waals surface area contributed by atoms with E-state index in [9.17, 15) is 17.6 Å². The first-order valence-electron chi connectivity index (χ1n) is 8.71. The Morgan fingerprint density at radius 2 is 1.89 bits per heavy atom. The molecule has 0 saturated carbocycles. The highest BCUT2D eigenvalue weighted by Gasteiger charge is 2.10. The number of oxazole rings is 1. The zero-order chi connectivity index (χ0) is 20.1. The molecule has 0 radical (unpaired) electrons. The first-order chi connectivity index (χ1) is 13.3. The van der Waals surface area contributed by atoms with Crippen LogP contribution in [-0.2, 0) is 23.0 Å². The minimum Gasteiger partial charge on any atom is -0.489 e. The molecule has 0 aliphatic rings. The van der Waals surface area contributed by atoms with Gasteiger partial charge in [-0.1, -0.05) is 6.07 Å². The zero-order valence-electron chi connectivity index (χ0n) is 15.4. The molecular formula is C19H21FN2O5S. The summed E-state index contributed by atoms with van der Waals surface area (Å²) in [4.78, 5) is 12.1. The second-order valence-electron chi connectivity index (χ2n) is 6.44. The number of nitrogens with one attached hydrogen (secondary N) is 1. The molecule has 0 unspecified atom stereocenters. The molecule has 0 aliphatic heterocycles. The fraction of sp³-hybridized carbons (Fsp3) is 0.316. The monoisotopic (exact) mass is 408 g/mol. The van der Waals surface area contributed by atoms with Gasteiger partial charge in [-0.2, -0.15) is 0 Å². The Morgan fingerprint density at radius 1 is 1.14 bits per heavy atom. The molecule has 7 nitrogen and oxygen atoms in total. The van der Waals surface area contributed by atoms with Crippen LogP contribution < -0.4 is 15.8 Å². The molecule has 150 valence electrons. The third-order valence-electron chi connectivity index (χ3n) is 4.11. The van der Waals surface area contributed by atoms with Gasteiger partial charge in [0.2, 0.25) is 0 Å². The van der Waals surface area contributed by atoms with E-state index in [2.05, 4.69) is 5.32 Å². The van der Waals surface area contributed by atoms with Crippen molar-refractivity contribution in [1.29, 1.82) is 0 Å². The van der Waals surface area contributed by atoms with Crippen LogP contribution in [0.2, 0.25) is 0 Å². The van der Waals surface area contributed by atoms with Crippen molar-refractivity contribution in [2.45, 2.75) is 13.2 Å². The lowest BCUT2D eigenvalue weighted by atomic mass is 10.2. The van der Waals surface area contributed by atoms with Gasteiger partial charge >= 0.3 is 5.76 Å². The summed E-state index contributed by atoms with van der Waals surface area (Å²) in [6.07, 6.45) is 1.18. The molecule has 0 bridgehead atoms. The highest BCUT2D eigenvalue weighted by Crippen LogP contribution is 2.18. The van der Waals surface area contributed by atoms with Crippen molar-refractivity contribution in [3.05, 3.63) is 64.4 Å². The number of fused-ring (bicyclic) bond motifs is 1. The van der Waals surface area contributed by atoms with E-state index < -0.39 is 15.6 Å². The van der Waals surface area contributed by atoms with Crippen LogP contribution in [0.4, 0.5) is 4.39 Å². The quantitative estimate of drug-likeness (QED) is 0.544. The maximum Gasteiger partial charge on any atom is 0.419 e. The molecule has 1 N–H and O–H groups in total. The predicted octanol–water partition coefficient (Wildman–Crippen LogP) is 1.95. The molecule has 0 atom stereocenters. The van der Waals surface area contributed by atoms with Crippen LogP contribution in [0.1, 0.15) is 5.56 Å². The van der Waals surface area contributed by atoms with Crippen LogP contribution in [-0.4, -0.2) is 38.1 Å². The van der Waals surface area contributed by atoms with E-state index in [0.717, 1.165) is 5.56 Å². The SMILES string of the molecule is CS(=O)(=O)CCNCCn1c(=O)oc2ccc(COc3ccc(F)cc3)cc21. The average Bonchev–Trinajstić information content (AvgIpc) is 2.95. The Balaban J connectivity index is 1.66. The molecule has 0 saturated heterocycles. The number of ether oxygens (including phenoxy) is 1. The summed E-state index contributed by atoms with van der Waals surface area (Å²) < 4.78 is 47.6. The Kier molecular flexibility index (Phi) is 6.15. The van der Waals surface area contributed by atoms with Gasteiger partial charge in [0.05, 0.1) is 11.3 Å². The Labute approximate surface area is 161 Å². The summed E-state index contributed by atoms with van der Waals surface area (Å²) in [6.45, 7) is 1.35. The number of halogens is 1. The summed E-state index contributed by atoms with van der Waals surface area (Å²) in [7, 11) is -3.02. The average molecular weight is 408 g/mol. The van der Waals surface area contributed by atoms with E-state index in [-0.39, 0.29) is 18.2 Å². The summed E-state index contributed by atoms with van der Waals surface area (Å²) in [5.74, 6) is -0.224. The summed E-state index contributed by atoms with van der Waals surface area (Å²) in [5, 5.41) is 3.00. The van der Waals surface area contributed by atoms with Crippen LogP contribution in [0.5, 0.6) is 5.75 Å². The van der Waals surface area contributed by atoms with E-state index in [0.29, 0.717) is 36.5 Å². The first kappa shape index (κ1) is 20.1. The fourth-order valence-corrected chi connectivity index (χ4v) is 3.20. The predicted molar refractivity (Wildman–Crippen MR) is 104 cm³/mol. The second kappa shape index (κ2) is 8.57. The molecule has 0 spiro atoms. The van der Waals surface area contributed by atoms with Crippen molar-refractivity contribution in [3.8, 4) is 5.75 Å². The van der Waals surface area contributed by atoms with Gasteiger partial charge in [-0.05, 0) is 42.0 Å². The second-order valence-corrected chi connectivity index (χ2v) is 8.70. The number of hydrogen-bond donors (Lipinski definition) is 1. The smallest absolute Gasteiger partial charge is 0.419 e. The minimum atomic E-state index is -3.02. The summed E-state index contributed by atoms with van der Waals surface area (Å²) >= 11 is 0. The topological polar surface area (TPSA) is 90.5 Å². The van der Waals surface area contributed by atoms with E-state index in [1.807, 2.05) is 0 Å².